The van der Waals surface area contributed by atoms with E-state index in [0.717, 1.165) is 0 Å². The number of aromatic nitrogens is 2. The Morgan fingerprint density at radius 2 is 2.13 bits per heavy atom. The molecule has 84 valence electrons. The highest BCUT2D eigenvalue weighted by Crippen LogP contribution is 2.26. The molecular weight excluding hydrogens is 209 g/mol. The van der Waals surface area contributed by atoms with E-state index >= 15 is 0 Å². The molecule has 1 atom stereocenters. The van der Waals surface area contributed by atoms with Crippen molar-refractivity contribution in [3.8, 4) is 0 Å². The zero-order valence-corrected chi connectivity index (χ0v) is 8.12. The first-order valence-corrected chi connectivity index (χ1v) is 4.43. The van der Waals surface area contributed by atoms with E-state index in [1.165, 1.54) is 12.3 Å². The van der Waals surface area contributed by atoms with Gasteiger partial charge in [0.05, 0.1) is 11.8 Å². The lowest BCUT2D eigenvalue weighted by Gasteiger charge is -2.11. The summed E-state index contributed by atoms with van der Waals surface area (Å²) < 4.78 is 35.6. The summed E-state index contributed by atoms with van der Waals surface area (Å²) in [5, 5.41) is 9.42. The Labute approximate surface area is 85.0 Å². The fourth-order valence-corrected chi connectivity index (χ4v) is 1.11. The molecule has 0 bridgehead atoms. The molecule has 0 spiro atoms. The average Bonchev–Trinajstić information content (AvgIpc) is 2.13. The lowest BCUT2D eigenvalue weighted by atomic mass is 10.1. The quantitative estimate of drug-likeness (QED) is 0.849. The van der Waals surface area contributed by atoms with E-state index in [1.54, 1.807) is 6.92 Å². The molecule has 1 aromatic heterocycles. The monoisotopic (exact) mass is 220 g/mol. The molecule has 1 aromatic rings. The maximum Gasteiger partial charge on any atom is 0.389 e. The van der Waals surface area contributed by atoms with Crippen LogP contribution in [0.5, 0.6) is 0 Å². The first-order chi connectivity index (χ1) is 6.88. The van der Waals surface area contributed by atoms with Gasteiger partial charge in [0, 0.05) is 12.6 Å². The van der Waals surface area contributed by atoms with Gasteiger partial charge in [0.1, 0.15) is 5.82 Å². The van der Waals surface area contributed by atoms with Crippen LogP contribution in [0.2, 0.25) is 0 Å². The summed E-state index contributed by atoms with van der Waals surface area (Å²) in [4.78, 5) is 7.63. The minimum absolute atomic E-state index is 0.228. The van der Waals surface area contributed by atoms with Crippen LogP contribution in [0.1, 0.15) is 30.5 Å². The Bertz CT molecular complexity index is 327. The van der Waals surface area contributed by atoms with E-state index in [0.29, 0.717) is 5.82 Å². The molecule has 0 aromatic carbocycles. The Balaban J connectivity index is 2.58. The minimum atomic E-state index is -4.25. The second-order valence-electron chi connectivity index (χ2n) is 3.20. The molecule has 0 aliphatic heterocycles. The number of aryl methyl sites for hydroxylation is 1. The van der Waals surface area contributed by atoms with Crippen molar-refractivity contribution < 1.29 is 18.3 Å². The summed E-state index contributed by atoms with van der Waals surface area (Å²) in [6.07, 6.45) is -5.41. The van der Waals surface area contributed by atoms with Crippen LogP contribution in [0.25, 0.3) is 0 Å². The lowest BCUT2D eigenvalue weighted by Crippen LogP contribution is -2.11. The predicted molar refractivity (Wildman–Crippen MR) is 47.0 cm³/mol. The normalized spacial score (nSPS) is 13.9. The molecule has 1 rings (SSSR count). The first-order valence-electron chi connectivity index (χ1n) is 4.43. The number of halogens is 3. The third-order valence-corrected chi connectivity index (χ3v) is 1.84. The van der Waals surface area contributed by atoms with Crippen molar-refractivity contribution in [2.75, 3.05) is 0 Å². The van der Waals surface area contributed by atoms with Gasteiger partial charge in [0.25, 0.3) is 0 Å². The van der Waals surface area contributed by atoms with Crippen LogP contribution in [-0.4, -0.2) is 21.3 Å². The van der Waals surface area contributed by atoms with Crippen molar-refractivity contribution in [3.63, 3.8) is 0 Å². The third kappa shape index (κ3) is 4.24. The second-order valence-corrected chi connectivity index (χ2v) is 3.20. The third-order valence-electron chi connectivity index (χ3n) is 1.84. The molecule has 0 amide bonds. The zero-order chi connectivity index (χ0) is 11.5. The van der Waals surface area contributed by atoms with Crippen molar-refractivity contribution >= 4 is 0 Å². The molecule has 1 heterocycles. The number of aliphatic hydroxyl groups excluding tert-OH is 1. The van der Waals surface area contributed by atoms with E-state index in [1.807, 2.05) is 0 Å². The Kier molecular flexibility index (Phi) is 3.62. The molecule has 0 aliphatic carbocycles. The molecule has 1 unspecified atom stereocenters. The molecule has 0 radical (unpaired) electrons. The van der Waals surface area contributed by atoms with E-state index < -0.39 is 18.7 Å². The maximum atomic E-state index is 11.9. The van der Waals surface area contributed by atoms with Crippen LogP contribution < -0.4 is 0 Å². The van der Waals surface area contributed by atoms with Crippen molar-refractivity contribution in [3.05, 3.63) is 23.8 Å². The van der Waals surface area contributed by atoms with Crippen LogP contribution in [0.3, 0.4) is 0 Å². The largest absolute Gasteiger partial charge is 0.389 e. The standard InChI is InChI=1S/C9H11F3N2O/c1-6-13-5-3-7(14-6)8(15)2-4-9(10,11)12/h3,5,8,15H,2,4H2,1H3. The number of alkyl halides is 3. The van der Waals surface area contributed by atoms with E-state index in [2.05, 4.69) is 9.97 Å². The van der Waals surface area contributed by atoms with Gasteiger partial charge in [0.15, 0.2) is 0 Å². The minimum Gasteiger partial charge on any atom is -0.387 e. The van der Waals surface area contributed by atoms with Gasteiger partial charge in [-0.05, 0) is 19.4 Å². The zero-order valence-electron chi connectivity index (χ0n) is 8.12. The van der Waals surface area contributed by atoms with Crippen molar-refractivity contribution in [1.82, 2.24) is 9.97 Å². The van der Waals surface area contributed by atoms with E-state index in [9.17, 15) is 18.3 Å². The van der Waals surface area contributed by atoms with Crippen molar-refractivity contribution in [2.45, 2.75) is 32.0 Å². The van der Waals surface area contributed by atoms with Crippen molar-refractivity contribution in [2.24, 2.45) is 0 Å². The van der Waals surface area contributed by atoms with Crippen LogP contribution >= 0.6 is 0 Å². The fourth-order valence-electron chi connectivity index (χ4n) is 1.11. The molecule has 15 heavy (non-hydrogen) atoms. The topological polar surface area (TPSA) is 46.0 Å². The summed E-state index contributed by atoms with van der Waals surface area (Å²) in [6.45, 7) is 1.61. The van der Waals surface area contributed by atoms with Crippen LogP contribution in [-0.2, 0) is 0 Å². The number of hydrogen-bond donors (Lipinski definition) is 1. The van der Waals surface area contributed by atoms with Crippen LogP contribution in [0.15, 0.2) is 12.3 Å². The van der Waals surface area contributed by atoms with Gasteiger partial charge in [-0.2, -0.15) is 13.2 Å². The molecule has 0 aliphatic rings. The highest BCUT2D eigenvalue weighted by atomic mass is 19.4. The van der Waals surface area contributed by atoms with Gasteiger partial charge >= 0.3 is 6.18 Å². The van der Waals surface area contributed by atoms with Gasteiger partial charge in [-0.25, -0.2) is 9.97 Å². The van der Waals surface area contributed by atoms with E-state index in [4.69, 9.17) is 0 Å². The van der Waals surface area contributed by atoms with Gasteiger partial charge in [-0.15, -0.1) is 0 Å². The number of hydrogen-bond acceptors (Lipinski definition) is 3. The summed E-state index contributed by atoms with van der Waals surface area (Å²) in [5.74, 6) is 0.429. The van der Waals surface area contributed by atoms with Gasteiger partial charge in [0.2, 0.25) is 0 Å². The lowest BCUT2D eigenvalue weighted by molar-refractivity contribution is -0.140. The average molecular weight is 220 g/mol. The molecule has 1 N–H and O–H groups in total. The second kappa shape index (κ2) is 4.57. The van der Waals surface area contributed by atoms with Crippen molar-refractivity contribution in [1.29, 1.82) is 0 Å². The van der Waals surface area contributed by atoms with Gasteiger partial charge in [-0.1, -0.05) is 0 Å². The maximum absolute atomic E-state index is 11.9. The smallest absolute Gasteiger partial charge is 0.387 e. The SMILES string of the molecule is Cc1nccc(C(O)CCC(F)(F)F)n1. The Morgan fingerprint density at radius 1 is 1.47 bits per heavy atom. The summed E-state index contributed by atoms with van der Waals surface area (Å²) >= 11 is 0. The van der Waals surface area contributed by atoms with Crippen LogP contribution in [0.4, 0.5) is 13.2 Å². The number of rotatable bonds is 3. The Hall–Kier alpha value is -1.17. The van der Waals surface area contributed by atoms with Gasteiger partial charge < -0.3 is 5.11 Å². The highest BCUT2D eigenvalue weighted by molar-refractivity contribution is 5.04. The molecule has 0 saturated carbocycles. The number of nitrogens with zero attached hydrogens (tertiary/aromatic N) is 2. The summed E-state index contributed by atoms with van der Waals surface area (Å²) in [5.41, 5.74) is 0.228. The molecule has 0 fully saturated rings. The van der Waals surface area contributed by atoms with E-state index in [-0.39, 0.29) is 12.1 Å². The predicted octanol–water partition coefficient (Wildman–Crippen LogP) is 2.16. The molecule has 3 nitrogen and oxygen atoms in total. The number of aliphatic hydroxyl groups is 1. The fraction of sp³-hybridized carbons (Fsp3) is 0.556. The highest BCUT2D eigenvalue weighted by Gasteiger charge is 2.28. The summed E-state index contributed by atoms with van der Waals surface area (Å²) in [7, 11) is 0. The summed E-state index contributed by atoms with van der Waals surface area (Å²) in [6, 6.07) is 1.41. The molecule has 6 heteroatoms. The van der Waals surface area contributed by atoms with Gasteiger partial charge in [-0.3, -0.25) is 0 Å². The van der Waals surface area contributed by atoms with Crippen LogP contribution in [0, 0.1) is 6.92 Å². The first kappa shape index (κ1) is 11.9. The molecular formula is C9H11F3N2O. The molecule has 0 saturated heterocycles. The Morgan fingerprint density at radius 3 is 2.67 bits per heavy atom.